The molecule has 0 fully saturated rings. The third-order valence-corrected chi connectivity index (χ3v) is 1.83. The van der Waals surface area contributed by atoms with Crippen molar-refractivity contribution >= 4 is 12.3 Å². The molecule has 1 amide bonds. The summed E-state index contributed by atoms with van der Waals surface area (Å²) in [5, 5.41) is 3.64. The summed E-state index contributed by atoms with van der Waals surface area (Å²) >= 11 is 0. The molecular weight excluding hydrogens is 220 g/mol. The zero-order valence-electron chi connectivity index (χ0n) is 11.3. The molecular formula is C12H22N2O3. The van der Waals surface area contributed by atoms with Crippen LogP contribution in [0.5, 0.6) is 0 Å². The Balaban J connectivity index is 4.66. The third-order valence-electron chi connectivity index (χ3n) is 1.83. The lowest BCUT2D eigenvalue weighted by atomic mass is 10.2. The van der Waals surface area contributed by atoms with Gasteiger partial charge in [0.25, 0.3) is 0 Å². The predicted molar refractivity (Wildman–Crippen MR) is 68.1 cm³/mol. The van der Waals surface area contributed by atoms with Crippen molar-refractivity contribution in [3.8, 4) is 0 Å². The van der Waals surface area contributed by atoms with Crippen LogP contribution in [0.15, 0.2) is 17.8 Å². The standard InChI is InChI=1S/C12H22N2O3/c1-7-8-14(10(2)9-13-16-6)11(15)17-12(3,4)5/h7,9-10H,1,8H2,2-6H3/b13-9-. The minimum atomic E-state index is -0.519. The SMILES string of the molecule is C=CCN(C(=O)OC(C)(C)C)C(C)/C=N\OC. The minimum Gasteiger partial charge on any atom is -0.444 e. The molecule has 0 aliphatic rings. The van der Waals surface area contributed by atoms with Crippen LogP contribution < -0.4 is 0 Å². The summed E-state index contributed by atoms with van der Waals surface area (Å²) in [5.41, 5.74) is -0.519. The van der Waals surface area contributed by atoms with E-state index in [9.17, 15) is 4.79 Å². The van der Waals surface area contributed by atoms with Crippen molar-refractivity contribution in [1.82, 2.24) is 4.90 Å². The van der Waals surface area contributed by atoms with Crippen LogP contribution in [-0.4, -0.2) is 42.5 Å². The lowest BCUT2D eigenvalue weighted by Crippen LogP contribution is -2.43. The molecule has 0 N–H and O–H groups in total. The van der Waals surface area contributed by atoms with E-state index in [0.29, 0.717) is 6.54 Å². The zero-order chi connectivity index (χ0) is 13.5. The van der Waals surface area contributed by atoms with Crippen molar-refractivity contribution < 1.29 is 14.4 Å². The molecule has 0 rings (SSSR count). The van der Waals surface area contributed by atoms with Gasteiger partial charge in [0, 0.05) is 6.54 Å². The molecule has 0 saturated heterocycles. The molecule has 17 heavy (non-hydrogen) atoms. The van der Waals surface area contributed by atoms with Gasteiger partial charge in [0.05, 0.1) is 12.3 Å². The van der Waals surface area contributed by atoms with Crippen molar-refractivity contribution in [2.75, 3.05) is 13.7 Å². The average molecular weight is 242 g/mol. The van der Waals surface area contributed by atoms with Crippen molar-refractivity contribution in [2.24, 2.45) is 5.16 Å². The van der Waals surface area contributed by atoms with E-state index in [-0.39, 0.29) is 6.04 Å². The molecule has 1 atom stereocenters. The van der Waals surface area contributed by atoms with E-state index >= 15 is 0 Å². The summed E-state index contributed by atoms with van der Waals surface area (Å²) < 4.78 is 5.29. The van der Waals surface area contributed by atoms with E-state index in [1.807, 2.05) is 27.7 Å². The fourth-order valence-electron chi connectivity index (χ4n) is 1.10. The molecule has 0 aromatic rings. The van der Waals surface area contributed by atoms with Gasteiger partial charge in [-0.2, -0.15) is 0 Å². The fraction of sp³-hybridized carbons (Fsp3) is 0.667. The average Bonchev–Trinajstić information content (AvgIpc) is 2.19. The van der Waals surface area contributed by atoms with Gasteiger partial charge in [-0.3, -0.25) is 4.90 Å². The maximum atomic E-state index is 11.9. The minimum absolute atomic E-state index is 0.220. The molecule has 0 aliphatic heterocycles. The van der Waals surface area contributed by atoms with E-state index in [1.165, 1.54) is 18.2 Å². The molecule has 5 heteroatoms. The fourth-order valence-corrected chi connectivity index (χ4v) is 1.10. The van der Waals surface area contributed by atoms with Gasteiger partial charge >= 0.3 is 6.09 Å². The number of hydrogen-bond acceptors (Lipinski definition) is 4. The van der Waals surface area contributed by atoms with Gasteiger partial charge < -0.3 is 9.57 Å². The van der Waals surface area contributed by atoms with Gasteiger partial charge in [-0.05, 0) is 27.7 Å². The van der Waals surface area contributed by atoms with E-state index in [1.54, 1.807) is 6.08 Å². The molecule has 5 nitrogen and oxygen atoms in total. The second-order valence-electron chi connectivity index (χ2n) is 4.60. The summed E-state index contributed by atoms with van der Waals surface area (Å²) in [6, 6.07) is -0.220. The Morgan fingerprint density at radius 3 is 2.53 bits per heavy atom. The summed E-state index contributed by atoms with van der Waals surface area (Å²) in [6.45, 7) is 11.3. The predicted octanol–water partition coefficient (Wildman–Crippen LogP) is 2.43. The van der Waals surface area contributed by atoms with Crippen molar-refractivity contribution in [1.29, 1.82) is 0 Å². The maximum absolute atomic E-state index is 11.9. The van der Waals surface area contributed by atoms with Crippen LogP contribution in [0.2, 0.25) is 0 Å². The van der Waals surface area contributed by atoms with Gasteiger partial charge in [-0.15, -0.1) is 6.58 Å². The third kappa shape index (κ3) is 6.60. The molecule has 0 bridgehead atoms. The molecule has 98 valence electrons. The molecule has 0 heterocycles. The van der Waals surface area contributed by atoms with E-state index in [0.717, 1.165) is 0 Å². The van der Waals surface area contributed by atoms with Crippen LogP contribution in [0.3, 0.4) is 0 Å². The molecule has 0 spiro atoms. The lowest BCUT2D eigenvalue weighted by Gasteiger charge is -2.29. The van der Waals surface area contributed by atoms with Crippen molar-refractivity contribution in [3.05, 3.63) is 12.7 Å². The second kappa shape index (κ2) is 6.93. The number of hydrogen-bond donors (Lipinski definition) is 0. The summed E-state index contributed by atoms with van der Waals surface area (Å²) in [6.07, 6.45) is 2.78. The number of nitrogens with zero attached hydrogens (tertiary/aromatic N) is 2. The highest BCUT2D eigenvalue weighted by molar-refractivity contribution is 5.75. The number of amides is 1. The highest BCUT2D eigenvalue weighted by Gasteiger charge is 2.24. The monoisotopic (exact) mass is 242 g/mol. The number of ether oxygens (including phenoxy) is 1. The van der Waals surface area contributed by atoms with Crippen LogP contribution in [0.25, 0.3) is 0 Å². The molecule has 1 unspecified atom stereocenters. The van der Waals surface area contributed by atoms with E-state index in [2.05, 4.69) is 16.6 Å². The van der Waals surface area contributed by atoms with Gasteiger partial charge in [0.2, 0.25) is 0 Å². The lowest BCUT2D eigenvalue weighted by molar-refractivity contribution is 0.0249. The van der Waals surface area contributed by atoms with Crippen molar-refractivity contribution in [2.45, 2.75) is 39.3 Å². The van der Waals surface area contributed by atoms with Crippen LogP contribution in [0, 0.1) is 0 Å². The smallest absolute Gasteiger partial charge is 0.411 e. The van der Waals surface area contributed by atoms with Crippen LogP contribution in [0.1, 0.15) is 27.7 Å². The first-order valence-corrected chi connectivity index (χ1v) is 5.49. The van der Waals surface area contributed by atoms with E-state index < -0.39 is 11.7 Å². The van der Waals surface area contributed by atoms with Gasteiger partial charge in [-0.25, -0.2) is 4.79 Å². The zero-order valence-corrected chi connectivity index (χ0v) is 11.3. The first-order valence-electron chi connectivity index (χ1n) is 5.49. The first-order chi connectivity index (χ1) is 7.81. The molecule has 0 radical (unpaired) electrons. The summed E-state index contributed by atoms with van der Waals surface area (Å²) in [5.74, 6) is 0. The topological polar surface area (TPSA) is 51.1 Å². The summed E-state index contributed by atoms with van der Waals surface area (Å²) in [4.78, 5) is 18.0. The maximum Gasteiger partial charge on any atom is 0.411 e. The van der Waals surface area contributed by atoms with Crippen molar-refractivity contribution in [3.63, 3.8) is 0 Å². The Bertz CT molecular complexity index is 282. The molecule has 0 aromatic heterocycles. The van der Waals surface area contributed by atoms with E-state index in [4.69, 9.17) is 4.74 Å². The van der Waals surface area contributed by atoms with Crippen LogP contribution in [-0.2, 0) is 9.57 Å². The largest absolute Gasteiger partial charge is 0.444 e. The summed E-state index contributed by atoms with van der Waals surface area (Å²) in [7, 11) is 1.45. The number of carbonyl (C=O) groups is 1. The van der Waals surface area contributed by atoms with Crippen LogP contribution >= 0.6 is 0 Å². The molecule has 0 saturated carbocycles. The van der Waals surface area contributed by atoms with Crippen LogP contribution in [0.4, 0.5) is 4.79 Å². The van der Waals surface area contributed by atoms with Gasteiger partial charge in [0.15, 0.2) is 0 Å². The quantitative estimate of drug-likeness (QED) is 0.422. The highest BCUT2D eigenvalue weighted by Crippen LogP contribution is 2.11. The highest BCUT2D eigenvalue weighted by atomic mass is 16.6. The number of oxime groups is 1. The van der Waals surface area contributed by atoms with Gasteiger partial charge in [-0.1, -0.05) is 11.2 Å². The number of rotatable bonds is 5. The molecule has 0 aliphatic carbocycles. The number of carbonyl (C=O) groups excluding carboxylic acids is 1. The first kappa shape index (κ1) is 15.5. The Morgan fingerprint density at radius 1 is 1.53 bits per heavy atom. The normalized spacial score (nSPS) is 13.2. The Hall–Kier alpha value is -1.52. The second-order valence-corrected chi connectivity index (χ2v) is 4.60. The van der Waals surface area contributed by atoms with Gasteiger partial charge in [0.1, 0.15) is 12.7 Å². The Kier molecular flexibility index (Phi) is 6.31. The Morgan fingerprint density at radius 2 is 2.12 bits per heavy atom. The Labute approximate surface area is 103 Å². The molecule has 0 aromatic carbocycles.